The number of nitrogens with one attached hydrogen (secondary N) is 1. The standard InChI is InChI=1S/C20H22N6O5/c1-13-19(26(29)30)14(2)25(23-13)9-8-18(27)22-16-10-21-24(12-16)11-15-6-4-5-7-17(15)20(28)31-3/h4-7,10,12H,8-9,11H2,1-3H3,(H,22,27). The third-order valence-corrected chi connectivity index (χ3v) is 4.75. The molecule has 0 aliphatic rings. The first kappa shape index (κ1) is 21.7. The fourth-order valence-electron chi connectivity index (χ4n) is 3.26. The van der Waals surface area contributed by atoms with Crippen LogP contribution < -0.4 is 5.32 Å². The second-order valence-corrected chi connectivity index (χ2v) is 6.87. The molecule has 0 spiro atoms. The number of aromatic nitrogens is 4. The van der Waals surface area contributed by atoms with E-state index in [1.807, 2.05) is 6.07 Å². The molecule has 0 saturated heterocycles. The molecule has 2 heterocycles. The number of aryl methyl sites for hydroxylation is 2. The van der Waals surface area contributed by atoms with Gasteiger partial charge in [0.1, 0.15) is 11.4 Å². The van der Waals surface area contributed by atoms with E-state index in [0.717, 1.165) is 5.56 Å². The molecule has 3 rings (SSSR count). The molecule has 11 nitrogen and oxygen atoms in total. The van der Waals surface area contributed by atoms with Crippen LogP contribution in [0.3, 0.4) is 0 Å². The number of carbonyl (C=O) groups excluding carboxylic acids is 2. The monoisotopic (exact) mass is 426 g/mol. The summed E-state index contributed by atoms with van der Waals surface area (Å²) in [4.78, 5) is 34.8. The highest BCUT2D eigenvalue weighted by Gasteiger charge is 2.22. The molecule has 0 aliphatic heterocycles. The number of nitro groups is 1. The molecular weight excluding hydrogens is 404 g/mol. The fourth-order valence-corrected chi connectivity index (χ4v) is 3.26. The number of esters is 1. The second kappa shape index (κ2) is 9.20. The van der Waals surface area contributed by atoms with Gasteiger partial charge in [0.2, 0.25) is 5.91 Å². The molecule has 0 bridgehead atoms. The summed E-state index contributed by atoms with van der Waals surface area (Å²) in [6.45, 7) is 3.71. The molecule has 0 fully saturated rings. The predicted octanol–water partition coefficient (Wildman–Crippen LogP) is 2.47. The van der Waals surface area contributed by atoms with Gasteiger partial charge in [-0.3, -0.25) is 24.3 Å². The summed E-state index contributed by atoms with van der Waals surface area (Å²) in [6.07, 6.45) is 3.25. The molecule has 162 valence electrons. The Morgan fingerprint density at radius 3 is 2.68 bits per heavy atom. The number of rotatable bonds is 8. The van der Waals surface area contributed by atoms with Crippen LogP contribution in [0, 0.1) is 24.0 Å². The van der Waals surface area contributed by atoms with Gasteiger partial charge >= 0.3 is 11.7 Å². The number of hydrogen-bond donors (Lipinski definition) is 1. The molecule has 1 amide bonds. The van der Waals surface area contributed by atoms with E-state index in [0.29, 0.717) is 29.2 Å². The van der Waals surface area contributed by atoms with Crippen LogP contribution in [0.1, 0.15) is 33.7 Å². The van der Waals surface area contributed by atoms with Crippen molar-refractivity contribution < 1.29 is 19.2 Å². The van der Waals surface area contributed by atoms with E-state index < -0.39 is 10.9 Å². The van der Waals surface area contributed by atoms with E-state index in [9.17, 15) is 19.7 Å². The Hall–Kier alpha value is -4.02. The third kappa shape index (κ3) is 4.94. The molecule has 2 aromatic heterocycles. The van der Waals surface area contributed by atoms with Crippen LogP contribution in [0.15, 0.2) is 36.7 Å². The number of ether oxygens (including phenoxy) is 1. The zero-order valence-corrected chi connectivity index (χ0v) is 17.4. The van der Waals surface area contributed by atoms with Crippen LogP contribution in [-0.4, -0.2) is 43.5 Å². The van der Waals surface area contributed by atoms with Crippen LogP contribution in [0.2, 0.25) is 0 Å². The molecule has 1 N–H and O–H groups in total. The first-order chi connectivity index (χ1) is 14.8. The van der Waals surface area contributed by atoms with Crippen molar-refractivity contribution in [1.29, 1.82) is 0 Å². The van der Waals surface area contributed by atoms with Crippen LogP contribution in [0.4, 0.5) is 11.4 Å². The second-order valence-electron chi connectivity index (χ2n) is 6.87. The van der Waals surface area contributed by atoms with E-state index in [2.05, 4.69) is 15.5 Å². The number of hydrogen-bond acceptors (Lipinski definition) is 7. The number of benzene rings is 1. The van der Waals surface area contributed by atoms with Gasteiger partial charge < -0.3 is 10.1 Å². The molecule has 3 aromatic rings. The average Bonchev–Trinajstić information content (AvgIpc) is 3.29. The van der Waals surface area contributed by atoms with Crippen molar-refractivity contribution >= 4 is 23.3 Å². The number of methoxy groups -OCH3 is 1. The van der Waals surface area contributed by atoms with Crippen LogP contribution >= 0.6 is 0 Å². The minimum absolute atomic E-state index is 0.0334. The lowest BCUT2D eigenvalue weighted by Crippen LogP contribution is -2.15. The molecule has 0 atom stereocenters. The number of carbonyl (C=O) groups is 2. The van der Waals surface area contributed by atoms with Gasteiger partial charge in [0, 0.05) is 12.6 Å². The van der Waals surface area contributed by atoms with Gasteiger partial charge in [0.05, 0.1) is 42.6 Å². The van der Waals surface area contributed by atoms with Crippen LogP contribution in [0.25, 0.3) is 0 Å². The maximum Gasteiger partial charge on any atom is 0.338 e. The Balaban J connectivity index is 1.61. The maximum atomic E-state index is 12.3. The highest BCUT2D eigenvalue weighted by molar-refractivity contribution is 5.91. The van der Waals surface area contributed by atoms with Crippen molar-refractivity contribution in [3.8, 4) is 0 Å². The van der Waals surface area contributed by atoms with Crippen molar-refractivity contribution in [2.45, 2.75) is 33.4 Å². The lowest BCUT2D eigenvalue weighted by atomic mass is 10.1. The van der Waals surface area contributed by atoms with Crippen molar-refractivity contribution in [2.75, 3.05) is 12.4 Å². The van der Waals surface area contributed by atoms with E-state index in [1.54, 1.807) is 42.9 Å². The molecule has 0 unspecified atom stereocenters. The maximum absolute atomic E-state index is 12.3. The molecule has 0 radical (unpaired) electrons. The summed E-state index contributed by atoms with van der Waals surface area (Å²) in [5.74, 6) is -0.703. The van der Waals surface area contributed by atoms with Gasteiger partial charge in [-0.1, -0.05) is 18.2 Å². The van der Waals surface area contributed by atoms with Gasteiger partial charge in [-0.15, -0.1) is 0 Å². The summed E-state index contributed by atoms with van der Waals surface area (Å²) in [7, 11) is 1.32. The molecule has 0 aliphatic carbocycles. The van der Waals surface area contributed by atoms with Gasteiger partial charge in [-0.25, -0.2) is 4.79 Å². The van der Waals surface area contributed by atoms with Gasteiger partial charge in [0.25, 0.3) is 0 Å². The van der Waals surface area contributed by atoms with Crippen LogP contribution in [0.5, 0.6) is 0 Å². The Kier molecular flexibility index (Phi) is 6.43. The van der Waals surface area contributed by atoms with Crippen molar-refractivity contribution in [1.82, 2.24) is 19.6 Å². The number of nitrogens with zero attached hydrogens (tertiary/aromatic N) is 5. The van der Waals surface area contributed by atoms with Gasteiger partial charge in [0.15, 0.2) is 0 Å². The topological polar surface area (TPSA) is 134 Å². The summed E-state index contributed by atoms with van der Waals surface area (Å²) < 4.78 is 7.85. The lowest BCUT2D eigenvalue weighted by Gasteiger charge is -2.07. The Morgan fingerprint density at radius 2 is 2.00 bits per heavy atom. The van der Waals surface area contributed by atoms with Gasteiger partial charge in [-0.2, -0.15) is 10.2 Å². The molecule has 31 heavy (non-hydrogen) atoms. The minimum Gasteiger partial charge on any atom is -0.465 e. The first-order valence-electron chi connectivity index (χ1n) is 9.47. The molecule has 11 heteroatoms. The van der Waals surface area contributed by atoms with Gasteiger partial charge in [-0.05, 0) is 25.5 Å². The zero-order valence-electron chi connectivity index (χ0n) is 17.4. The zero-order chi connectivity index (χ0) is 22.5. The highest BCUT2D eigenvalue weighted by Crippen LogP contribution is 2.22. The lowest BCUT2D eigenvalue weighted by molar-refractivity contribution is -0.386. The third-order valence-electron chi connectivity index (χ3n) is 4.75. The van der Waals surface area contributed by atoms with E-state index in [1.165, 1.54) is 18.0 Å². The SMILES string of the molecule is COC(=O)c1ccccc1Cn1cc(NC(=O)CCn2nc(C)c([N+](=O)[O-])c2C)cn1. The molecular formula is C20H22N6O5. The number of amides is 1. The summed E-state index contributed by atoms with van der Waals surface area (Å²) >= 11 is 0. The average molecular weight is 426 g/mol. The Bertz CT molecular complexity index is 1130. The van der Waals surface area contributed by atoms with E-state index in [-0.39, 0.29) is 24.6 Å². The quantitative estimate of drug-likeness (QED) is 0.332. The summed E-state index contributed by atoms with van der Waals surface area (Å²) in [5, 5.41) is 22.2. The van der Waals surface area contributed by atoms with Crippen molar-refractivity contribution in [3.05, 3.63) is 69.3 Å². The van der Waals surface area contributed by atoms with E-state index >= 15 is 0 Å². The van der Waals surface area contributed by atoms with Crippen molar-refractivity contribution in [2.24, 2.45) is 0 Å². The normalized spacial score (nSPS) is 10.7. The molecule has 1 aromatic carbocycles. The Labute approximate surface area is 177 Å². The van der Waals surface area contributed by atoms with Crippen LogP contribution in [-0.2, 0) is 22.6 Å². The molecule has 0 saturated carbocycles. The van der Waals surface area contributed by atoms with Crippen molar-refractivity contribution in [3.63, 3.8) is 0 Å². The summed E-state index contributed by atoms with van der Waals surface area (Å²) in [5.41, 5.74) is 2.38. The Morgan fingerprint density at radius 1 is 1.26 bits per heavy atom. The first-order valence-corrected chi connectivity index (χ1v) is 9.47. The smallest absolute Gasteiger partial charge is 0.338 e. The highest BCUT2D eigenvalue weighted by atomic mass is 16.6. The minimum atomic E-state index is -0.471. The predicted molar refractivity (Wildman–Crippen MR) is 111 cm³/mol. The van der Waals surface area contributed by atoms with E-state index in [4.69, 9.17) is 4.74 Å². The largest absolute Gasteiger partial charge is 0.465 e. The number of anilines is 1. The summed E-state index contributed by atoms with van der Waals surface area (Å²) in [6, 6.07) is 7.05. The fraction of sp³-hybridized carbons (Fsp3) is 0.300.